The number of nitrogens with two attached hydrogens (primary N) is 1. The lowest BCUT2D eigenvalue weighted by molar-refractivity contribution is 0.414. The van der Waals surface area contributed by atoms with Crippen molar-refractivity contribution in [3.8, 4) is 5.75 Å². The fourth-order valence-corrected chi connectivity index (χ4v) is 2.55. The molecule has 0 aliphatic heterocycles. The summed E-state index contributed by atoms with van der Waals surface area (Å²) in [6.07, 6.45) is 0. The lowest BCUT2D eigenvalue weighted by Gasteiger charge is -2.22. The molecule has 2 aromatic carbocycles. The molecule has 21 heavy (non-hydrogen) atoms. The number of amidine groups is 1. The standard InChI is InChI=1S/C16H18BrN3O/c1-20(10-11-4-3-5-13(8-11)21-2)15-7-6-12(17)9-14(15)16(18)19/h3-9H,10H2,1-2H3,(H3,18,19). The zero-order chi connectivity index (χ0) is 15.4. The van der Waals surface area contributed by atoms with E-state index in [0.717, 1.165) is 27.0 Å². The van der Waals surface area contributed by atoms with Crippen LogP contribution in [0.4, 0.5) is 5.69 Å². The maximum Gasteiger partial charge on any atom is 0.124 e. The number of benzene rings is 2. The Morgan fingerprint density at radius 1 is 1.29 bits per heavy atom. The summed E-state index contributed by atoms with van der Waals surface area (Å²) in [5.41, 5.74) is 8.45. The zero-order valence-corrected chi connectivity index (χ0v) is 13.6. The Bertz CT molecular complexity index is 658. The van der Waals surface area contributed by atoms with Crippen LogP contribution < -0.4 is 15.4 Å². The monoisotopic (exact) mass is 347 g/mol. The Labute approximate surface area is 133 Å². The molecule has 0 atom stereocenters. The Kier molecular flexibility index (Phi) is 4.85. The molecule has 0 radical (unpaired) electrons. The molecule has 0 heterocycles. The number of halogens is 1. The fourth-order valence-electron chi connectivity index (χ4n) is 2.19. The van der Waals surface area contributed by atoms with E-state index in [1.807, 2.05) is 49.5 Å². The van der Waals surface area contributed by atoms with Gasteiger partial charge < -0.3 is 15.4 Å². The molecular weight excluding hydrogens is 330 g/mol. The lowest BCUT2D eigenvalue weighted by atomic mass is 10.1. The smallest absolute Gasteiger partial charge is 0.124 e. The summed E-state index contributed by atoms with van der Waals surface area (Å²) in [5, 5.41) is 7.72. The molecule has 0 fully saturated rings. The number of methoxy groups -OCH3 is 1. The highest BCUT2D eigenvalue weighted by atomic mass is 79.9. The highest BCUT2D eigenvalue weighted by Crippen LogP contribution is 2.25. The second kappa shape index (κ2) is 6.63. The second-order valence-electron chi connectivity index (χ2n) is 4.78. The van der Waals surface area contributed by atoms with Crippen LogP contribution in [0, 0.1) is 5.41 Å². The summed E-state index contributed by atoms with van der Waals surface area (Å²) < 4.78 is 6.15. The quantitative estimate of drug-likeness (QED) is 0.643. The van der Waals surface area contributed by atoms with Gasteiger partial charge in [-0.15, -0.1) is 0 Å². The number of hydrogen-bond donors (Lipinski definition) is 2. The number of ether oxygens (including phenoxy) is 1. The van der Waals surface area contributed by atoms with Crippen molar-refractivity contribution < 1.29 is 4.74 Å². The molecule has 0 unspecified atom stereocenters. The first-order valence-corrected chi connectivity index (χ1v) is 7.28. The van der Waals surface area contributed by atoms with Gasteiger partial charge in [0.2, 0.25) is 0 Å². The fraction of sp³-hybridized carbons (Fsp3) is 0.188. The highest BCUT2D eigenvalue weighted by Gasteiger charge is 2.11. The van der Waals surface area contributed by atoms with Gasteiger partial charge in [-0.3, -0.25) is 5.41 Å². The van der Waals surface area contributed by atoms with Crippen LogP contribution in [0.5, 0.6) is 5.75 Å². The van der Waals surface area contributed by atoms with Crippen LogP contribution in [-0.2, 0) is 6.54 Å². The molecule has 110 valence electrons. The first-order chi connectivity index (χ1) is 10.0. The number of nitrogens with zero attached hydrogens (tertiary/aromatic N) is 1. The SMILES string of the molecule is COc1cccc(CN(C)c2ccc(Br)cc2C(=N)N)c1. The van der Waals surface area contributed by atoms with Gasteiger partial charge in [-0.05, 0) is 35.9 Å². The lowest BCUT2D eigenvalue weighted by Crippen LogP contribution is -2.22. The Balaban J connectivity index is 2.27. The molecule has 0 aliphatic carbocycles. The summed E-state index contributed by atoms with van der Waals surface area (Å²) in [6.45, 7) is 0.707. The third-order valence-electron chi connectivity index (χ3n) is 3.21. The van der Waals surface area contributed by atoms with Crippen LogP contribution in [0.15, 0.2) is 46.9 Å². The topological polar surface area (TPSA) is 62.3 Å². The largest absolute Gasteiger partial charge is 0.497 e. The van der Waals surface area contributed by atoms with E-state index in [4.69, 9.17) is 15.9 Å². The molecule has 3 N–H and O–H groups in total. The Morgan fingerprint density at radius 3 is 2.71 bits per heavy atom. The van der Waals surface area contributed by atoms with Gasteiger partial charge in [0, 0.05) is 29.3 Å². The number of nitrogens with one attached hydrogen (secondary N) is 1. The minimum atomic E-state index is 0.0591. The van der Waals surface area contributed by atoms with Crippen LogP contribution in [0.25, 0.3) is 0 Å². The maximum absolute atomic E-state index is 7.72. The average molecular weight is 348 g/mol. The van der Waals surface area contributed by atoms with Gasteiger partial charge >= 0.3 is 0 Å². The van der Waals surface area contributed by atoms with Crippen LogP contribution in [0.1, 0.15) is 11.1 Å². The molecule has 5 heteroatoms. The summed E-state index contributed by atoms with van der Waals surface area (Å²) in [5.74, 6) is 0.896. The first kappa shape index (κ1) is 15.4. The van der Waals surface area contributed by atoms with Gasteiger partial charge in [0.15, 0.2) is 0 Å². The molecule has 0 spiro atoms. The van der Waals surface area contributed by atoms with Gasteiger partial charge in [0.05, 0.1) is 7.11 Å². The highest BCUT2D eigenvalue weighted by molar-refractivity contribution is 9.10. The number of rotatable bonds is 5. The van der Waals surface area contributed by atoms with Gasteiger partial charge in [0.25, 0.3) is 0 Å². The van der Waals surface area contributed by atoms with E-state index in [1.165, 1.54) is 0 Å². The second-order valence-corrected chi connectivity index (χ2v) is 5.70. The molecule has 0 saturated carbocycles. The third-order valence-corrected chi connectivity index (χ3v) is 3.71. The van der Waals surface area contributed by atoms with Crippen LogP contribution in [-0.4, -0.2) is 20.0 Å². The summed E-state index contributed by atoms with van der Waals surface area (Å²) in [6, 6.07) is 13.7. The first-order valence-electron chi connectivity index (χ1n) is 6.49. The molecule has 0 bridgehead atoms. The van der Waals surface area contributed by atoms with Crippen molar-refractivity contribution >= 4 is 27.5 Å². The van der Waals surface area contributed by atoms with Gasteiger partial charge in [-0.2, -0.15) is 0 Å². The van der Waals surface area contributed by atoms with E-state index in [2.05, 4.69) is 20.8 Å². The molecule has 0 aliphatic rings. The summed E-state index contributed by atoms with van der Waals surface area (Å²) in [4.78, 5) is 2.07. The van der Waals surface area contributed by atoms with Crippen molar-refractivity contribution in [1.82, 2.24) is 0 Å². The molecule has 2 aromatic rings. The van der Waals surface area contributed by atoms with Crippen LogP contribution >= 0.6 is 15.9 Å². The minimum absolute atomic E-state index is 0.0591. The zero-order valence-electron chi connectivity index (χ0n) is 12.1. The normalized spacial score (nSPS) is 10.2. The third kappa shape index (κ3) is 3.76. The molecule has 4 nitrogen and oxygen atoms in total. The molecule has 0 saturated heterocycles. The minimum Gasteiger partial charge on any atom is -0.497 e. The maximum atomic E-state index is 7.72. The van der Waals surface area contributed by atoms with Crippen molar-refractivity contribution in [3.63, 3.8) is 0 Å². The number of hydrogen-bond acceptors (Lipinski definition) is 3. The Morgan fingerprint density at radius 2 is 2.05 bits per heavy atom. The van der Waals surface area contributed by atoms with Gasteiger partial charge in [0.1, 0.15) is 11.6 Å². The van der Waals surface area contributed by atoms with E-state index in [0.29, 0.717) is 6.54 Å². The molecule has 0 aromatic heterocycles. The molecule has 0 amide bonds. The average Bonchev–Trinajstić information content (AvgIpc) is 2.47. The Hall–Kier alpha value is -2.01. The van der Waals surface area contributed by atoms with Crippen LogP contribution in [0.3, 0.4) is 0 Å². The van der Waals surface area contributed by atoms with Crippen molar-refractivity contribution in [2.45, 2.75) is 6.54 Å². The predicted molar refractivity (Wildman–Crippen MR) is 90.3 cm³/mol. The predicted octanol–water partition coefficient (Wildman–Crippen LogP) is 3.38. The van der Waals surface area contributed by atoms with Crippen molar-refractivity contribution in [3.05, 3.63) is 58.1 Å². The van der Waals surface area contributed by atoms with Crippen LogP contribution in [0.2, 0.25) is 0 Å². The number of anilines is 1. The van der Waals surface area contributed by atoms with Crippen molar-refractivity contribution in [2.75, 3.05) is 19.1 Å². The number of nitrogen functional groups attached to an aromatic ring is 1. The molecular formula is C16H18BrN3O. The summed E-state index contributed by atoms with van der Waals surface area (Å²) >= 11 is 3.41. The van der Waals surface area contributed by atoms with Gasteiger partial charge in [-0.25, -0.2) is 0 Å². The van der Waals surface area contributed by atoms with E-state index < -0.39 is 0 Å². The van der Waals surface area contributed by atoms with E-state index in [1.54, 1.807) is 7.11 Å². The van der Waals surface area contributed by atoms with Crippen molar-refractivity contribution in [1.29, 1.82) is 5.41 Å². The van der Waals surface area contributed by atoms with Crippen molar-refractivity contribution in [2.24, 2.45) is 5.73 Å². The van der Waals surface area contributed by atoms with E-state index >= 15 is 0 Å². The van der Waals surface area contributed by atoms with E-state index in [-0.39, 0.29) is 5.84 Å². The van der Waals surface area contributed by atoms with Gasteiger partial charge in [-0.1, -0.05) is 28.1 Å². The summed E-state index contributed by atoms with van der Waals surface area (Å²) in [7, 11) is 3.64. The molecule has 2 rings (SSSR count). The van der Waals surface area contributed by atoms with E-state index in [9.17, 15) is 0 Å².